The highest BCUT2D eigenvalue weighted by molar-refractivity contribution is 7.89. The number of methoxy groups -OCH3 is 1. The summed E-state index contributed by atoms with van der Waals surface area (Å²) < 4.78 is 33.2. The molecule has 8 heteroatoms. The summed E-state index contributed by atoms with van der Waals surface area (Å²) >= 11 is 0. The number of benzene rings is 2. The van der Waals surface area contributed by atoms with Crippen molar-refractivity contribution in [2.75, 3.05) is 39.8 Å². The Hall–Kier alpha value is -2.42. The number of hydrogen-bond acceptors (Lipinski definition) is 5. The lowest BCUT2D eigenvalue weighted by molar-refractivity contribution is 0.0924. The number of amides is 1. The first kappa shape index (κ1) is 25.7. The summed E-state index contributed by atoms with van der Waals surface area (Å²) in [5.41, 5.74) is 1.49. The molecule has 2 aromatic carbocycles. The van der Waals surface area contributed by atoms with Crippen LogP contribution in [0.15, 0.2) is 53.4 Å². The van der Waals surface area contributed by atoms with Gasteiger partial charge in [-0.15, -0.1) is 0 Å². The fraction of sp³-hybridized carbons (Fsp3) is 0.519. The van der Waals surface area contributed by atoms with Gasteiger partial charge in [0, 0.05) is 25.2 Å². The molecule has 2 fully saturated rings. The first-order valence-corrected chi connectivity index (χ1v) is 14.1. The minimum absolute atomic E-state index is 0.0481. The predicted octanol–water partition coefficient (Wildman–Crippen LogP) is 4.07. The van der Waals surface area contributed by atoms with Crippen LogP contribution < -0.4 is 10.1 Å². The van der Waals surface area contributed by atoms with E-state index in [1.54, 1.807) is 29.6 Å². The average molecular weight is 500 g/mol. The Morgan fingerprint density at radius 2 is 1.80 bits per heavy atom. The van der Waals surface area contributed by atoms with E-state index in [2.05, 4.69) is 29.3 Å². The third-order valence-electron chi connectivity index (χ3n) is 7.14. The molecule has 190 valence electrons. The minimum Gasteiger partial charge on any atom is -0.497 e. The third kappa shape index (κ3) is 6.23. The Morgan fingerprint density at radius 3 is 2.49 bits per heavy atom. The van der Waals surface area contributed by atoms with Crippen molar-refractivity contribution in [1.29, 1.82) is 0 Å². The van der Waals surface area contributed by atoms with Crippen LogP contribution in [-0.4, -0.2) is 63.4 Å². The zero-order valence-corrected chi connectivity index (χ0v) is 21.6. The molecule has 0 spiro atoms. The molecule has 1 N–H and O–H groups in total. The summed E-state index contributed by atoms with van der Waals surface area (Å²) in [6.07, 6.45) is 5.44. The second kappa shape index (κ2) is 11.5. The van der Waals surface area contributed by atoms with Gasteiger partial charge in [0.05, 0.1) is 18.0 Å². The Kier molecular flexibility index (Phi) is 8.46. The normalized spacial score (nSPS) is 20.8. The van der Waals surface area contributed by atoms with Gasteiger partial charge in [0.1, 0.15) is 5.75 Å². The van der Waals surface area contributed by atoms with Crippen molar-refractivity contribution in [3.63, 3.8) is 0 Å². The Bertz CT molecular complexity index is 1100. The van der Waals surface area contributed by atoms with Gasteiger partial charge in [-0.3, -0.25) is 9.69 Å². The number of ether oxygens (including phenoxy) is 1. The van der Waals surface area contributed by atoms with Crippen LogP contribution in [0.4, 0.5) is 0 Å². The summed E-state index contributed by atoms with van der Waals surface area (Å²) in [6, 6.07) is 14.5. The quantitative estimate of drug-likeness (QED) is 0.592. The molecular weight excluding hydrogens is 462 g/mol. The fourth-order valence-electron chi connectivity index (χ4n) is 5.12. The number of piperidine rings is 2. The van der Waals surface area contributed by atoms with Crippen molar-refractivity contribution < 1.29 is 17.9 Å². The number of carbonyl (C=O) groups is 1. The van der Waals surface area contributed by atoms with E-state index in [4.69, 9.17) is 4.74 Å². The molecule has 0 bridgehead atoms. The summed E-state index contributed by atoms with van der Waals surface area (Å²) in [5.74, 6) is 0.885. The zero-order valence-electron chi connectivity index (χ0n) is 20.8. The first-order chi connectivity index (χ1) is 16.9. The molecule has 35 heavy (non-hydrogen) atoms. The Morgan fingerprint density at radius 1 is 1.06 bits per heavy atom. The maximum absolute atomic E-state index is 13.2. The smallest absolute Gasteiger partial charge is 0.251 e. The molecule has 0 aromatic heterocycles. The maximum Gasteiger partial charge on any atom is 0.251 e. The number of nitrogens with one attached hydrogen (secondary N) is 1. The van der Waals surface area contributed by atoms with Gasteiger partial charge in [0.2, 0.25) is 10.0 Å². The number of sulfonamides is 1. The van der Waals surface area contributed by atoms with E-state index in [9.17, 15) is 13.2 Å². The Balaban J connectivity index is 1.48. The van der Waals surface area contributed by atoms with Gasteiger partial charge in [-0.05, 0) is 80.6 Å². The monoisotopic (exact) mass is 499 g/mol. The van der Waals surface area contributed by atoms with E-state index in [1.807, 2.05) is 12.1 Å². The van der Waals surface area contributed by atoms with Crippen molar-refractivity contribution in [2.24, 2.45) is 5.92 Å². The highest BCUT2D eigenvalue weighted by atomic mass is 32.2. The van der Waals surface area contributed by atoms with Crippen molar-refractivity contribution in [3.8, 4) is 5.75 Å². The van der Waals surface area contributed by atoms with Gasteiger partial charge < -0.3 is 10.1 Å². The molecule has 0 saturated carbocycles. The van der Waals surface area contributed by atoms with Gasteiger partial charge >= 0.3 is 0 Å². The average Bonchev–Trinajstić information content (AvgIpc) is 2.89. The van der Waals surface area contributed by atoms with E-state index in [0.717, 1.165) is 50.1 Å². The first-order valence-electron chi connectivity index (χ1n) is 12.6. The lowest BCUT2D eigenvalue weighted by atomic mass is 10.0. The molecule has 2 heterocycles. The van der Waals surface area contributed by atoms with Crippen LogP contribution in [0.5, 0.6) is 5.75 Å². The van der Waals surface area contributed by atoms with E-state index in [1.165, 1.54) is 12.5 Å². The van der Waals surface area contributed by atoms with Crippen LogP contribution in [0, 0.1) is 5.92 Å². The van der Waals surface area contributed by atoms with Crippen LogP contribution in [0.3, 0.4) is 0 Å². The molecule has 7 nitrogen and oxygen atoms in total. The molecule has 2 atom stereocenters. The zero-order chi connectivity index (χ0) is 24.8. The van der Waals surface area contributed by atoms with Crippen LogP contribution >= 0.6 is 0 Å². The van der Waals surface area contributed by atoms with E-state index < -0.39 is 10.0 Å². The maximum atomic E-state index is 13.2. The molecule has 0 radical (unpaired) electrons. The summed E-state index contributed by atoms with van der Waals surface area (Å²) in [7, 11) is -1.97. The van der Waals surface area contributed by atoms with E-state index in [-0.39, 0.29) is 16.8 Å². The van der Waals surface area contributed by atoms with Gasteiger partial charge in [-0.1, -0.05) is 31.5 Å². The molecule has 0 unspecified atom stereocenters. The largest absolute Gasteiger partial charge is 0.497 e. The molecule has 4 rings (SSSR count). The minimum atomic E-state index is -3.62. The molecule has 2 aliphatic heterocycles. The van der Waals surface area contributed by atoms with Gasteiger partial charge in [0.15, 0.2) is 0 Å². The summed E-state index contributed by atoms with van der Waals surface area (Å²) in [5, 5.41) is 3.07. The topological polar surface area (TPSA) is 78.9 Å². The number of carbonyl (C=O) groups excluding carboxylic acids is 1. The third-order valence-corrected chi connectivity index (χ3v) is 9.00. The lowest BCUT2D eigenvalue weighted by Crippen LogP contribution is -2.40. The molecule has 2 saturated heterocycles. The van der Waals surface area contributed by atoms with Gasteiger partial charge in [0.25, 0.3) is 5.91 Å². The number of hydrogen-bond donors (Lipinski definition) is 1. The second-order valence-electron chi connectivity index (χ2n) is 9.73. The van der Waals surface area contributed by atoms with Crippen molar-refractivity contribution in [2.45, 2.75) is 50.0 Å². The molecule has 0 aliphatic carbocycles. The van der Waals surface area contributed by atoms with Crippen LogP contribution in [0.1, 0.15) is 61.0 Å². The van der Waals surface area contributed by atoms with Crippen molar-refractivity contribution in [1.82, 2.24) is 14.5 Å². The van der Waals surface area contributed by atoms with E-state index in [0.29, 0.717) is 31.1 Å². The standard InChI is InChI=1S/C27H37N3O4S/c1-21-8-7-17-30(20-21)35(32,33)25-10-6-9-23(18-25)27(31)28-19-26(29-15-4-3-5-16-29)22-11-13-24(34-2)14-12-22/h6,9-14,18,21,26H,3-5,7-8,15-17,19-20H2,1-2H3,(H,28,31)/t21-,26+/m0/s1. The number of likely N-dealkylation sites (tertiary alicyclic amines) is 1. The summed E-state index contributed by atoms with van der Waals surface area (Å²) in [6.45, 7) is 5.57. The fourth-order valence-corrected chi connectivity index (χ4v) is 6.76. The predicted molar refractivity (Wildman–Crippen MR) is 137 cm³/mol. The number of nitrogens with zero attached hydrogens (tertiary/aromatic N) is 2. The molecular formula is C27H37N3O4S. The SMILES string of the molecule is COc1ccc([C@@H](CNC(=O)c2cccc(S(=O)(=O)N3CCC[C@H](C)C3)c2)N2CCCCC2)cc1. The summed E-state index contributed by atoms with van der Waals surface area (Å²) in [4.78, 5) is 15.7. The van der Waals surface area contributed by atoms with Crippen molar-refractivity contribution >= 4 is 15.9 Å². The lowest BCUT2D eigenvalue weighted by Gasteiger charge is -2.35. The van der Waals surface area contributed by atoms with Crippen molar-refractivity contribution in [3.05, 3.63) is 59.7 Å². The highest BCUT2D eigenvalue weighted by Crippen LogP contribution is 2.27. The molecule has 2 aromatic rings. The van der Waals surface area contributed by atoms with Gasteiger partial charge in [-0.25, -0.2) is 8.42 Å². The second-order valence-corrected chi connectivity index (χ2v) is 11.7. The number of rotatable bonds is 8. The highest BCUT2D eigenvalue weighted by Gasteiger charge is 2.29. The van der Waals surface area contributed by atoms with Crippen LogP contribution in [-0.2, 0) is 10.0 Å². The van der Waals surface area contributed by atoms with Gasteiger partial charge in [-0.2, -0.15) is 4.31 Å². The van der Waals surface area contributed by atoms with Crippen LogP contribution in [0.2, 0.25) is 0 Å². The molecule has 2 aliphatic rings. The van der Waals surface area contributed by atoms with E-state index >= 15 is 0 Å². The Labute approximate surface area is 209 Å². The van der Waals surface area contributed by atoms with Crippen LogP contribution in [0.25, 0.3) is 0 Å². The molecule has 1 amide bonds.